The maximum absolute atomic E-state index is 12.3. The summed E-state index contributed by atoms with van der Waals surface area (Å²) in [5, 5.41) is 20.9. The highest BCUT2D eigenvalue weighted by atomic mass is 19.4. The van der Waals surface area contributed by atoms with E-state index in [-0.39, 0.29) is 23.4 Å². The number of hydrogen-bond donors (Lipinski definition) is 2. The van der Waals surface area contributed by atoms with Crippen molar-refractivity contribution in [2.45, 2.75) is 19.7 Å². The van der Waals surface area contributed by atoms with Crippen LogP contribution in [0.5, 0.6) is 5.75 Å². The molecule has 0 aromatic heterocycles. The molecule has 0 atom stereocenters. The Bertz CT molecular complexity index is 606. The molecule has 0 aliphatic rings. The second kappa shape index (κ2) is 6.60. The predicted molar refractivity (Wildman–Crippen MR) is 66.8 cm³/mol. The molecular formula is C12H10F3N3O3. The molecule has 0 unspecified atom stereocenters. The zero-order chi connectivity index (χ0) is 16.0. The monoisotopic (exact) mass is 301 g/mol. The van der Waals surface area contributed by atoms with Gasteiger partial charge in [0.05, 0.1) is 17.3 Å². The molecule has 21 heavy (non-hydrogen) atoms. The molecule has 0 aliphatic carbocycles. The lowest BCUT2D eigenvalue weighted by Crippen LogP contribution is -2.18. The normalized spacial score (nSPS) is 11.7. The minimum Gasteiger partial charge on any atom is -0.477 e. The second-order valence-corrected chi connectivity index (χ2v) is 3.70. The highest BCUT2D eigenvalue weighted by Crippen LogP contribution is 2.31. The average Bonchev–Trinajstić information content (AvgIpc) is 2.38. The van der Waals surface area contributed by atoms with Gasteiger partial charge in [0.15, 0.2) is 5.75 Å². The van der Waals surface area contributed by atoms with Crippen LogP contribution in [0.3, 0.4) is 0 Å². The van der Waals surface area contributed by atoms with E-state index in [1.54, 1.807) is 6.07 Å². The standard InChI is InChI=1S/C12H10F3N3O3/c1-2-8(11(19)20)17-18-9-4-3-7(6-16)5-10(9)21-12(13,14)15/h3-5,18H,2H2,1H3,(H,19,20)/b17-8-. The van der Waals surface area contributed by atoms with E-state index in [0.29, 0.717) is 0 Å². The van der Waals surface area contributed by atoms with E-state index in [9.17, 15) is 18.0 Å². The third-order valence-electron chi connectivity index (χ3n) is 2.23. The number of hydrogen-bond acceptors (Lipinski definition) is 5. The lowest BCUT2D eigenvalue weighted by molar-refractivity contribution is -0.274. The van der Waals surface area contributed by atoms with Crippen LogP contribution in [0.4, 0.5) is 18.9 Å². The molecule has 0 radical (unpaired) electrons. The van der Waals surface area contributed by atoms with Crippen LogP contribution in [0, 0.1) is 11.3 Å². The van der Waals surface area contributed by atoms with Crippen LogP contribution in [0.1, 0.15) is 18.9 Å². The summed E-state index contributed by atoms with van der Waals surface area (Å²) in [6, 6.07) is 4.92. The number of benzene rings is 1. The van der Waals surface area contributed by atoms with E-state index in [2.05, 4.69) is 15.3 Å². The van der Waals surface area contributed by atoms with Crippen molar-refractivity contribution in [1.82, 2.24) is 0 Å². The fraction of sp³-hybridized carbons (Fsp3) is 0.250. The van der Waals surface area contributed by atoms with Gasteiger partial charge in [-0.1, -0.05) is 6.92 Å². The smallest absolute Gasteiger partial charge is 0.477 e. The van der Waals surface area contributed by atoms with Crippen LogP contribution < -0.4 is 10.2 Å². The van der Waals surface area contributed by atoms with E-state index in [0.717, 1.165) is 12.1 Å². The molecule has 0 aliphatic heterocycles. The molecule has 9 heteroatoms. The molecule has 1 aromatic rings. The number of rotatable bonds is 5. The molecule has 0 saturated heterocycles. The number of hydrazone groups is 1. The van der Waals surface area contributed by atoms with Crippen molar-refractivity contribution in [3.63, 3.8) is 0 Å². The summed E-state index contributed by atoms with van der Waals surface area (Å²) < 4.78 is 40.6. The number of carboxylic acids is 1. The first-order valence-corrected chi connectivity index (χ1v) is 5.62. The van der Waals surface area contributed by atoms with Crippen LogP contribution in [0.25, 0.3) is 0 Å². The largest absolute Gasteiger partial charge is 0.573 e. The van der Waals surface area contributed by atoms with Gasteiger partial charge in [0, 0.05) is 6.07 Å². The van der Waals surface area contributed by atoms with Crippen molar-refractivity contribution in [2.24, 2.45) is 5.10 Å². The van der Waals surface area contributed by atoms with Gasteiger partial charge in [-0.2, -0.15) is 10.4 Å². The van der Waals surface area contributed by atoms with Crippen molar-refractivity contribution < 1.29 is 27.8 Å². The molecule has 6 nitrogen and oxygen atoms in total. The third-order valence-corrected chi connectivity index (χ3v) is 2.23. The number of halogens is 3. The molecule has 112 valence electrons. The van der Waals surface area contributed by atoms with Crippen molar-refractivity contribution in [3.8, 4) is 11.8 Å². The van der Waals surface area contributed by atoms with Crippen molar-refractivity contribution in [3.05, 3.63) is 23.8 Å². The number of anilines is 1. The Morgan fingerprint density at radius 3 is 2.67 bits per heavy atom. The summed E-state index contributed by atoms with van der Waals surface area (Å²) in [7, 11) is 0. The number of nitriles is 1. The van der Waals surface area contributed by atoms with Gasteiger partial charge in [0.25, 0.3) is 0 Å². The highest BCUT2D eigenvalue weighted by molar-refractivity contribution is 6.35. The van der Waals surface area contributed by atoms with Crippen molar-refractivity contribution in [1.29, 1.82) is 5.26 Å². The SMILES string of the molecule is CC/C(=N/Nc1ccc(C#N)cc1OC(F)(F)F)C(=O)O. The van der Waals surface area contributed by atoms with Gasteiger partial charge in [-0.15, -0.1) is 13.2 Å². The van der Waals surface area contributed by atoms with Gasteiger partial charge in [-0.05, 0) is 18.6 Å². The first-order valence-electron chi connectivity index (χ1n) is 5.62. The van der Waals surface area contributed by atoms with Crippen LogP contribution in [0.2, 0.25) is 0 Å². The van der Waals surface area contributed by atoms with Gasteiger partial charge in [-0.25, -0.2) is 4.79 Å². The summed E-state index contributed by atoms with van der Waals surface area (Å²) in [6.07, 6.45) is -4.87. The number of carboxylic acid groups (broad SMARTS) is 1. The molecule has 0 saturated carbocycles. The van der Waals surface area contributed by atoms with E-state index in [4.69, 9.17) is 10.4 Å². The van der Waals surface area contributed by atoms with E-state index in [1.165, 1.54) is 13.0 Å². The average molecular weight is 301 g/mol. The molecule has 0 spiro atoms. The Labute approximate surface area is 117 Å². The molecule has 1 rings (SSSR count). The third kappa shape index (κ3) is 5.02. The van der Waals surface area contributed by atoms with Crippen LogP contribution in [0.15, 0.2) is 23.3 Å². The lowest BCUT2D eigenvalue weighted by Gasteiger charge is -2.13. The minimum atomic E-state index is -4.95. The Balaban J connectivity index is 3.12. The Morgan fingerprint density at radius 1 is 1.52 bits per heavy atom. The van der Waals surface area contributed by atoms with E-state index >= 15 is 0 Å². The molecule has 2 N–H and O–H groups in total. The summed E-state index contributed by atoms with van der Waals surface area (Å²) >= 11 is 0. The van der Waals surface area contributed by atoms with Crippen molar-refractivity contribution >= 4 is 17.4 Å². The summed E-state index contributed by atoms with van der Waals surface area (Å²) in [4.78, 5) is 10.7. The van der Waals surface area contributed by atoms with Gasteiger partial charge >= 0.3 is 12.3 Å². The quantitative estimate of drug-likeness (QED) is 0.644. The molecule has 0 amide bonds. The number of aliphatic carboxylic acids is 1. The highest BCUT2D eigenvalue weighted by Gasteiger charge is 2.32. The Morgan fingerprint density at radius 2 is 2.19 bits per heavy atom. The van der Waals surface area contributed by atoms with Gasteiger partial charge in [-0.3, -0.25) is 5.43 Å². The number of ether oxygens (including phenoxy) is 1. The Hall–Kier alpha value is -2.76. The second-order valence-electron chi connectivity index (χ2n) is 3.70. The fourth-order valence-electron chi connectivity index (χ4n) is 1.30. The predicted octanol–water partition coefficient (Wildman–Crippen LogP) is 2.72. The van der Waals surface area contributed by atoms with Crippen molar-refractivity contribution in [2.75, 3.05) is 5.43 Å². The number of carbonyl (C=O) groups is 1. The molecule has 0 bridgehead atoms. The molecule has 0 heterocycles. The zero-order valence-corrected chi connectivity index (χ0v) is 10.7. The lowest BCUT2D eigenvalue weighted by atomic mass is 10.2. The van der Waals surface area contributed by atoms with Gasteiger partial charge in [0.1, 0.15) is 5.71 Å². The maximum atomic E-state index is 12.3. The number of nitrogens with zero attached hydrogens (tertiary/aromatic N) is 2. The molecule has 0 fully saturated rings. The van der Waals surface area contributed by atoms with E-state index < -0.39 is 18.1 Å². The topological polar surface area (TPSA) is 94.7 Å². The zero-order valence-electron chi connectivity index (χ0n) is 10.7. The summed E-state index contributed by atoms with van der Waals surface area (Å²) in [6.45, 7) is 1.53. The number of alkyl halides is 3. The first kappa shape index (κ1) is 16.3. The maximum Gasteiger partial charge on any atom is 0.573 e. The van der Waals surface area contributed by atoms with Gasteiger partial charge < -0.3 is 9.84 Å². The Kier molecular flexibility index (Phi) is 5.12. The minimum absolute atomic E-state index is 0.0438. The van der Waals surface area contributed by atoms with Gasteiger partial charge in [0.2, 0.25) is 0 Å². The molecule has 1 aromatic carbocycles. The molecular weight excluding hydrogens is 291 g/mol. The number of nitrogens with one attached hydrogen (secondary N) is 1. The van der Waals surface area contributed by atoms with Crippen LogP contribution in [-0.2, 0) is 4.79 Å². The first-order chi connectivity index (χ1) is 9.76. The summed E-state index contributed by atoms with van der Waals surface area (Å²) in [5.41, 5.74) is 1.67. The fourth-order valence-corrected chi connectivity index (χ4v) is 1.30. The summed E-state index contributed by atoms with van der Waals surface area (Å²) in [5.74, 6) is -1.97. The van der Waals surface area contributed by atoms with Crippen LogP contribution in [-0.4, -0.2) is 23.1 Å². The van der Waals surface area contributed by atoms with Crippen LogP contribution >= 0.6 is 0 Å². The van der Waals surface area contributed by atoms with E-state index in [1.807, 2.05) is 0 Å².